The highest BCUT2D eigenvalue weighted by atomic mass is 31.1. The van der Waals surface area contributed by atoms with Crippen LogP contribution in [0.15, 0.2) is 30.3 Å². The molecule has 0 atom stereocenters. The number of unbranched alkanes of at least 4 members (excludes halogenated alkanes) is 8. The second kappa shape index (κ2) is 12.4. The summed E-state index contributed by atoms with van der Waals surface area (Å²) in [7, 11) is 0.346. The van der Waals surface area contributed by atoms with Gasteiger partial charge in [0.1, 0.15) is 0 Å². The molecular weight excluding hydrogens is 259 g/mol. The molecule has 0 unspecified atom stereocenters. The third-order valence-corrected chi connectivity index (χ3v) is 5.12. The fraction of sp³-hybridized carbons (Fsp3) is 0.684. The smallest absolute Gasteiger partial charge is 0.0279 e. The van der Waals surface area contributed by atoms with Crippen LogP contribution in [-0.2, 0) is 6.42 Å². The van der Waals surface area contributed by atoms with Crippen molar-refractivity contribution in [2.45, 2.75) is 64.2 Å². The molecule has 1 rings (SSSR count). The molecule has 0 nitrogen and oxygen atoms in total. The standard InChI is InChI=1S/C19H33P/c1-20(2)18-14-9-7-5-3-4-6-8-11-15-19-16-12-10-13-17-19/h10,12-13,16-17H,3-9,11,14-15,18H2,1-2H3. The monoisotopic (exact) mass is 292 g/mol. The number of aryl methyl sites for hydroxylation is 1. The fourth-order valence-corrected chi connectivity index (χ4v) is 3.50. The van der Waals surface area contributed by atoms with Gasteiger partial charge in [0.05, 0.1) is 0 Å². The average Bonchev–Trinajstić information content (AvgIpc) is 2.45. The molecule has 0 saturated heterocycles. The van der Waals surface area contributed by atoms with Gasteiger partial charge in [-0.15, -0.1) is 7.92 Å². The van der Waals surface area contributed by atoms with Crippen molar-refractivity contribution in [2.24, 2.45) is 0 Å². The van der Waals surface area contributed by atoms with Crippen molar-refractivity contribution in [1.29, 1.82) is 0 Å². The Morgan fingerprint density at radius 2 is 1.15 bits per heavy atom. The van der Waals surface area contributed by atoms with Gasteiger partial charge in [-0.3, -0.25) is 0 Å². The molecule has 0 amide bonds. The quantitative estimate of drug-likeness (QED) is 0.305. The van der Waals surface area contributed by atoms with Crippen LogP contribution in [0.3, 0.4) is 0 Å². The van der Waals surface area contributed by atoms with Crippen molar-refractivity contribution in [3.8, 4) is 0 Å². The topological polar surface area (TPSA) is 0 Å². The Morgan fingerprint density at radius 3 is 1.70 bits per heavy atom. The second-order valence-corrected chi connectivity index (χ2v) is 8.83. The van der Waals surface area contributed by atoms with Crippen LogP contribution >= 0.6 is 7.92 Å². The highest BCUT2D eigenvalue weighted by molar-refractivity contribution is 7.55. The molecule has 20 heavy (non-hydrogen) atoms. The largest absolute Gasteiger partial charge is 0.113 e. The molecule has 0 N–H and O–H groups in total. The van der Waals surface area contributed by atoms with E-state index in [9.17, 15) is 0 Å². The van der Waals surface area contributed by atoms with E-state index in [4.69, 9.17) is 0 Å². The van der Waals surface area contributed by atoms with Crippen LogP contribution in [0.4, 0.5) is 0 Å². The maximum absolute atomic E-state index is 2.39. The summed E-state index contributed by atoms with van der Waals surface area (Å²) in [4.78, 5) is 0. The first-order valence-corrected chi connectivity index (χ1v) is 10.9. The van der Waals surface area contributed by atoms with Crippen LogP contribution in [0.25, 0.3) is 0 Å². The zero-order chi connectivity index (χ0) is 14.5. The maximum Gasteiger partial charge on any atom is -0.0279 e. The van der Waals surface area contributed by atoms with Crippen LogP contribution in [0.2, 0.25) is 0 Å². The van der Waals surface area contributed by atoms with Crippen molar-refractivity contribution >= 4 is 7.92 Å². The molecule has 0 aliphatic carbocycles. The fourth-order valence-electron chi connectivity index (χ4n) is 2.64. The van der Waals surface area contributed by atoms with Gasteiger partial charge < -0.3 is 0 Å². The van der Waals surface area contributed by atoms with Crippen LogP contribution in [0, 0.1) is 0 Å². The van der Waals surface area contributed by atoms with Crippen molar-refractivity contribution in [2.75, 3.05) is 19.5 Å². The summed E-state index contributed by atoms with van der Waals surface area (Å²) in [5.74, 6) is 0. The summed E-state index contributed by atoms with van der Waals surface area (Å²) in [5.41, 5.74) is 1.50. The van der Waals surface area contributed by atoms with Crippen LogP contribution < -0.4 is 0 Å². The highest BCUT2D eigenvalue weighted by Crippen LogP contribution is 2.26. The van der Waals surface area contributed by atoms with E-state index < -0.39 is 0 Å². The molecule has 1 aromatic carbocycles. The minimum absolute atomic E-state index is 0.346. The zero-order valence-corrected chi connectivity index (χ0v) is 14.5. The van der Waals surface area contributed by atoms with Gasteiger partial charge in [-0.1, -0.05) is 75.3 Å². The number of rotatable bonds is 12. The van der Waals surface area contributed by atoms with Gasteiger partial charge in [0.25, 0.3) is 0 Å². The van der Waals surface area contributed by atoms with E-state index in [0.717, 1.165) is 0 Å². The molecule has 114 valence electrons. The van der Waals surface area contributed by atoms with Crippen molar-refractivity contribution < 1.29 is 0 Å². The molecular formula is C19H33P. The normalized spacial score (nSPS) is 11.2. The first kappa shape index (κ1) is 17.7. The molecule has 0 fully saturated rings. The molecule has 1 heteroatoms. The first-order chi connectivity index (χ1) is 9.79. The summed E-state index contributed by atoms with van der Waals surface area (Å²) in [6.45, 7) is 4.79. The molecule has 0 aromatic heterocycles. The van der Waals surface area contributed by atoms with Crippen LogP contribution in [0.5, 0.6) is 0 Å². The molecule has 0 bridgehead atoms. The lowest BCUT2D eigenvalue weighted by Gasteiger charge is -2.05. The Morgan fingerprint density at radius 1 is 0.650 bits per heavy atom. The summed E-state index contributed by atoms with van der Waals surface area (Å²) in [6.07, 6.45) is 15.7. The van der Waals surface area contributed by atoms with E-state index in [0.29, 0.717) is 7.92 Å². The lowest BCUT2D eigenvalue weighted by atomic mass is 10.0. The number of hydrogen-bond donors (Lipinski definition) is 0. The van der Waals surface area contributed by atoms with E-state index in [-0.39, 0.29) is 0 Å². The van der Waals surface area contributed by atoms with Gasteiger partial charge in [-0.25, -0.2) is 0 Å². The average molecular weight is 292 g/mol. The third-order valence-electron chi connectivity index (χ3n) is 3.91. The Labute approximate surface area is 128 Å². The summed E-state index contributed by atoms with van der Waals surface area (Å²) in [5, 5.41) is 0. The van der Waals surface area contributed by atoms with Crippen LogP contribution in [0.1, 0.15) is 63.4 Å². The van der Waals surface area contributed by atoms with Crippen molar-refractivity contribution in [1.82, 2.24) is 0 Å². The van der Waals surface area contributed by atoms with Crippen LogP contribution in [-0.4, -0.2) is 19.5 Å². The Bertz CT molecular complexity index is 305. The molecule has 0 saturated carbocycles. The minimum Gasteiger partial charge on any atom is -0.113 e. The molecule has 1 aromatic rings. The SMILES string of the molecule is CP(C)CCCCCCCCCCCc1ccccc1. The van der Waals surface area contributed by atoms with Crippen molar-refractivity contribution in [3.05, 3.63) is 35.9 Å². The van der Waals surface area contributed by atoms with Gasteiger partial charge >= 0.3 is 0 Å². The molecule has 0 spiro atoms. The summed E-state index contributed by atoms with van der Waals surface area (Å²) < 4.78 is 0. The third kappa shape index (κ3) is 10.4. The van der Waals surface area contributed by atoms with E-state index in [2.05, 4.69) is 43.7 Å². The lowest BCUT2D eigenvalue weighted by Crippen LogP contribution is -1.86. The van der Waals surface area contributed by atoms with Crippen molar-refractivity contribution in [3.63, 3.8) is 0 Å². The summed E-state index contributed by atoms with van der Waals surface area (Å²) >= 11 is 0. The van der Waals surface area contributed by atoms with E-state index >= 15 is 0 Å². The van der Waals surface area contributed by atoms with Gasteiger partial charge in [0, 0.05) is 0 Å². The Balaban J connectivity index is 1.79. The minimum atomic E-state index is 0.346. The molecule has 0 heterocycles. The van der Waals surface area contributed by atoms with Gasteiger partial charge in [0.2, 0.25) is 0 Å². The molecule has 0 radical (unpaired) electrons. The molecule has 0 aliphatic heterocycles. The Kier molecular flexibility index (Phi) is 11.0. The van der Waals surface area contributed by atoms with E-state index in [1.807, 2.05) is 0 Å². The van der Waals surface area contributed by atoms with Gasteiger partial charge in [-0.05, 0) is 44.3 Å². The lowest BCUT2D eigenvalue weighted by molar-refractivity contribution is 0.565. The number of hydrogen-bond acceptors (Lipinski definition) is 0. The maximum atomic E-state index is 2.39. The number of benzene rings is 1. The van der Waals surface area contributed by atoms with Gasteiger partial charge in [0.15, 0.2) is 0 Å². The predicted octanol–water partition coefficient (Wildman–Crippen LogP) is 6.48. The first-order valence-electron chi connectivity index (χ1n) is 8.47. The highest BCUT2D eigenvalue weighted by Gasteiger charge is 1.95. The second-order valence-electron chi connectivity index (χ2n) is 6.22. The van der Waals surface area contributed by atoms with Gasteiger partial charge in [-0.2, -0.15) is 0 Å². The molecule has 0 aliphatic rings. The van der Waals surface area contributed by atoms with E-state index in [1.165, 1.54) is 75.9 Å². The zero-order valence-electron chi connectivity index (χ0n) is 13.6. The van der Waals surface area contributed by atoms with E-state index in [1.54, 1.807) is 0 Å². The summed E-state index contributed by atoms with van der Waals surface area (Å²) in [6, 6.07) is 10.9. The Hall–Kier alpha value is -0.350. The predicted molar refractivity (Wildman–Crippen MR) is 95.3 cm³/mol.